The number of halogens is 4. The van der Waals surface area contributed by atoms with Crippen LogP contribution in [0.25, 0.3) is 22.4 Å². The van der Waals surface area contributed by atoms with Crippen molar-refractivity contribution in [1.82, 2.24) is 25.5 Å². The van der Waals surface area contributed by atoms with Gasteiger partial charge in [0, 0.05) is 47.6 Å². The van der Waals surface area contributed by atoms with Crippen LogP contribution >= 0.6 is 24.8 Å². The van der Waals surface area contributed by atoms with Crippen LogP contribution in [0, 0.1) is 11.6 Å². The number of nitrogens with one attached hydrogen (secondary N) is 2. The van der Waals surface area contributed by atoms with Crippen molar-refractivity contribution in [2.75, 3.05) is 18.0 Å². The SMILES string of the molecule is CC(C)(C)NC1CCN(c2cnc(-c3ccc(-c4cn[nH]c4)c(F)c3F)cn2)C1.Cl.Cl. The molecule has 3 aromatic rings. The summed E-state index contributed by atoms with van der Waals surface area (Å²) >= 11 is 0. The van der Waals surface area contributed by atoms with Crippen LogP contribution in [0.15, 0.2) is 36.9 Å². The molecule has 10 heteroatoms. The maximum absolute atomic E-state index is 14.7. The Labute approximate surface area is 192 Å². The molecule has 0 aliphatic carbocycles. The highest BCUT2D eigenvalue weighted by atomic mass is 35.5. The summed E-state index contributed by atoms with van der Waals surface area (Å²) in [4.78, 5) is 10.9. The van der Waals surface area contributed by atoms with Crippen molar-refractivity contribution in [3.8, 4) is 22.4 Å². The van der Waals surface area contributed by atoms with Crippen LogP contribution in [0.3, 0.4) is 0 Å². The average molecular weight is 471 g/mol. The van der Waals surface area contributed by atoms with Crippen LogP contribution in [-0.4, -0.2) is 44.8 Å². The highest BCUT2D eigenvalue weighted by Gasteiger charge is 2.27. The van der Waals surface area contributed by atoms with Gasteiger partial charge in [-0.3, -0.25) is 10.1 Å². The topological polar surface area (TPSA) is 69.7 Å². The molecule has 1 atom stereocenters. The Morgan fingerprint density at radius 1 is 1.03 bits per heavy atom. The van der Waals surface area contributed by atoms with Crippen LogP contribution in [0.1, 0.15) is 27.2 Å². The second-order valence-electron chi connectivity index (χ2n) is 8.36. The van der Waals surface area contributed by atoms with Gasteiger partial charge < -0.3 is 10.2 Å². The molecule has 0 bridgehead atoms. The molecule has 2 aromatic heterocycles. The molecule has 0 amide bonds. The second-order valence-corrected chi connectivity index (χ2v) is 8.36. The average Bonchev–Trinajstić information content (AvgIpc) is 3.35. The summed E-state index contributed by atoms with van der Waals surface area (Å²) in [5.41, 5.74) is 1.08. The Balaban J connectivity index is 0.00000171. The number of rotatable bonds is 4. The minimum atomic E-state index is -0.943. The molecule has 1 saturated heterocycles. The van der Waals surface area contributed by atoms with E-state index in [0.717, 1.165) is 25.3 Å². The van der Waals surface area contributed by atoms with E-state index < -0.39 is 11.6 Å². The first-order valence-corrected chi connectivity index (χ1v) is 9.64. The third-order valence-electron chi connectivity index (χ3n) is 4.96. The molecule has 3 heterocycles. The summed E-state index contributed by atoms with van der Waals surface area (Å²) in [7, 11) is 0. The van der Waals surface area contributed by atoms with Gasteiger partial charge in [-0.05, 0) is 33.3 Å². The summed E-state index contributed by atoms with van der Waals surface area (Å²) in [5, 5.41) is 9.97. The number of hydrogen-bond donors (Lipinski definition) is 2. The predicted octanol–water partition coefficient (Wildman–Crippen LogP) is 4.62. The molecule has 6 nitrogen and oxygen atoms in total. The summed E-state index contributed by atoms with van der Waals surface area (Å²) in [5.74, 6) is -1.13. The lowest BCUT2D eigenvalue weighted by molar-refractivity contribution is 0.373. The Morgan fingerprint density at radius 2 is 1.74 bits per heavy atom. The molecule has 0 spiro atoms. The van der Waals surface area contributed by atoms with Gasteiger partial charge in [-0.25, -0.2) is 13.8 Å². The maximum Gasteiger partial charge on any atom is 0.168 e. The van der Waals surface area contributed by atoms with Gasteiger partial charge in [0.15, 0.2) is 11.6 Å². The lowest BCUT2D eigenvalue weighted by Gasteiger charge is -2.26. The fourth-order valence-corrected chi connectivity index (χ4v) is 3.69. The fraction of sp³-hybridized carbons (Fsp3) is 0.381. The van der Waals surface area contributed by atoms with Crippen LogP contribution in [0.2, 0.25) is 0 Å². The van der Waals surface area contributed by atoms with Crippen LogP contribution in [0.4, 0.5) is 14.6 Å². The number of hydrogen-bond acceptors (Lipinski definition) is 5. The predicted molar refractivity (Wildman–Crippen MR) is 123 cm³/mol. The standard InChI is InChI=1S/C21H24F2N6.2ClH/c1-21(2,3)28-14-6-7-29(12-14)18-11-24-17(10-25-18)16-5-4-15(19(22)20(16)23)13-8-26-27-9-13;;/h4-5,8-11,14,28H,6-7,12H2,1-3H3,(H,26,27);2*1H. The van der Waals surface area contributed by atoms with Crippen molar-refractivity contribution in [3.05, 3.63) is 48.6 Å². The maximum atomic E-state index is 14.7. The Morgan fingerprint density at radius 3 is 2.35 bits per heavy atom. The zero-order valence-corrected chi connectivity index (χ0v) is 19.2. The van der Waals surface area contributed by atoms with Crippen molar-refractivity contribution >= 4 is 30.6 Å². The molecule has 2 N–H and O–H groups in total. The Kier molecular flexibility index (Phi) is 7.97. The zero-order chi connectivity index (χ0) is 20.6. The molecule has 1 aliphatic heterocycles. The minimum absolute atomic E-state index is 0. The van der Waals surface area contributed by atoms with Crippen LogP contribution in [0.5, 0.6) is 0 Å². The number of aromatic nitrogens is 4. The molecule has 1 aliphatic rings. The van der Waals surface area contributed by atoms with E-state index in [1.54, 1.807) is 6.20 Å². The van der Waals surface area contributed by atoms with Crippen LogP contribution in [-0.2, 0) is 0 Å². The zero-order valence-electron chi connectivity index (χ0n) is 17.5. The first-order valence-electron chi connectivity index (χ1n) is 9.64. The van der Waals surface area contributed by atoms with Gasteiger partial charge in [0.25, 0.3) is 0 Å². The molecule has 1 fully saturated rings. The van der Waals surface area contributed by atoms with E-state index in [2.05, 4.69) is 51.2 Å². The molecule has 1 unspecified atom stereocenters. The highest BCUT2D eigenvalue weighted by Crippen LogP contribution is 2.30. The van der Waals surface area contributed by atoms with Gasteiger partial charge in [-0.2, -0.15) is 5.10 Å². The smallest absolute Gasteiger partial charge is 0.168 e. The number of nitrogens with zero attached hydrogens (tertiary/aromatic N) is 4. The van der Waals surface area contributed by atoms with E-state index >= 15 is 0 Å². The molecule has 4 rings (SSSR count). The number of anilines is 1. The van der Waals surface area contributed by atoms with E-state index in [-0.39, 0.29) is 41.5 Å². The van der Waals surface area contributed by atoms with E-state index in [1.807, 2.05) is 0 Å². The molecule has 1 aromatic carbocycles. The van der Waals surface area contributed by atoms with Gasteiger partial charge in [0.2, 0.25) is 0 Å². The minimum Gasteiger partial charge on any atom is -0.354 e. The van der Waals surface area contributed by atoms with Crippen molar-refractivity contribution < 1.29 is 8.78 Å². The largest absolute Gasteiger partial charge is 0.354 e. The van der Waals surface area contributed by atoms with Gasteiger partial charge >= 0.3 is 0 Å². The van der Waals surface area contributed by atoms with E-state index in [9.17, 15) is 8.78 Å². The normalized spacial score (nSPS) is 16.0. The lowest BCUT2D eigenvalue weighted by Crippen LogP contribution is -2.44. The third-order valence-corrected chi connectivity index (χ3v) is 4.96. The van der Waals surface area contributed by atoms with Crippen molar-refractivity contribution in [1.29, 1.82) is 0 Å². The monoisotopic (exact) mass is 470 g/mol. The number of benzene rings is 1. The van der Waals surface area contributed by atoms with Gasteiger partial charge in [0.1, 0.15) is 5.82 Å². The lowest BCUT2D eigenvalue weighted by atomic mass is 10.0. The van der Waals surface area contributed by atoms with Crippen LogP contribution < -0.4 is 10.2 Å². The van der Waals surface area contributed by atoms with Gasteiger partial charge in [-0.1, -0.05) is 6.07 Å². The third kappa shape index (κ3) is 5.50. The summed E-state index contributed by atoms with van der Waals surface area (Å²) in [6.07, 6.45) is 7.11. The molecule has 168 valence electrons. The fourth-order valence-electron chi connectivity index (χ4n) is 3.69. The molecule has 0 saturated carbocycles. The summed E-state index contributed by atoms with van der Waals surface area (Å²) in [6.45, 7) is 8.17. The van der Waals surface area contributed by atoms with Crippen molar-refractivity contribution in [2.45, 2.75) is 38.8 Å². The Hall–Kier alpha value is -2.29. The van der Waals surface area contributed by atoms with Crippen molar-refractivity contribution in [2.24, 2.45) is 0 Å². The number of aromatic amines is 1. The quantitative estimate of drug-likeness (QED) is 0.581. The van der Waals surface area contributed by atoms with E-state index in [4.69, 9.17) is 0 Å². The molecular formula is C21H26Cl2F2N6. The van der Waals surface area contributed by atoms with E-state index in [1.165, 1.54) is 30.7 Å². The van der Waals surface area contributed by atoms with E-state index in [0.29, 0.717) is 17.3 Å². The first-order chi connectivity index (χ1) is 13.8. The van der Waals surface area contributed by atoms with Gasteiger partial charge in [0.05, 0.1) is 24.3 Å². The van der Waals surface area contributed by atoms with Gasteiger partial charge in [-0.15, -0.1) is 24.8 Å². The molecule has 31 heavy (non-hydrogen) atoms. The number of H-pyrrole nitrogens is 1. The Bertz CT molecular complexity index is 990. The van der Waals surface area contributed by atoms with Crippen molar-refractivity contribution in [3.63, 3.8) is 0 Å². The first kappa shape index (κ1) is 25.0. The molecular weight excluding hydrogens is 445 g/mol. The summed E-state index contributed by atoms with van der Waals surface area (Å²) < 4.78 is 29.2. The molecule has 0 radical (unpaired) electrons. The second kappa shape index (κ2) is 9.89. The summed E-state index contributed by atoms with van der Waals surface area (Å²) in [6, 6.07) is 3.43. The highest BCUT2D eigenvalue weighted by molar-refractivity contribution is 5.85.